The largest absolute Gasteiger partial charge is 0.484 e. The van der Waals surface area contributed by atoms with Crippen molar-refractivity contribution in [3.8, 4) is 5.75 Å². The van der Waals surface area contributed by atoms with Crippen molar-refractivity contribution in [2.45, 2.75) is 19.2 Å². The summed E-state index contributed by atoms with van der Waals surface area (Å²) in [6, 6.07) is 6.85. The number of carbonyl (C=O) groups excluding carboxylic acids is 1. The Hall–Kier alpha value is -1.76. The molecule has 0 heterocycles. The number of rotatable bonds is 5. The summed E-state index contributed by atoms with van der Waals surface area (Å²) in [5, 5.41) is 10.6. The van der Waals surface area contributed by atoms with E-state index in [2.05, 4.69) is 0 Å². The number of hydrogen-bond donors (Lipinski definition) is 2. The summed E-state index contributed by atoms with van der Waals surface area (Å²) in [5.74, 6) is -0.291. The van der Waals surface area contributed by atoms with Gasteiger partial charge in [0.15, 0.2) is 12.7 Å². The predicted molar refractivity (Wildman–Crippen MR) is 61.7 cm³/mol. The van der Waals surface area contributed by atoms with E-state index in [1.165, 1.54) is 0 Å². The highest BCUT2D eigenvalue weighted by atomic mass is 19.4. The van der Waals surface area contributed by atoms with Crippen LogP contribution in [0.15, 0.2) is 24.3 Å². The molecule has 0 radical (unpaired) electrons. The molecule has 1 aromatic rings. The molecular formula is C12H14F3NO3. The fourth-order valence-corrected chi connectivity index (χ4v) is 1.16. The summed E-state index contributed by atoms with van der Waals surface area (Å²) in [7, 11) is 0. The van der Waals surface area contributed by atoms with Gasteiger partial charge in [0.1, 0.15) is 5.75 Å². The average molecular weight is 277 g/mol. The molecule has 1 atom stereocenters. The van der Waals surface area contributed by atoms with E-state index in [4.69, 9.17) is 9.84 Å². The standard InChI is InChI=1S/C12H14F3NO3/c1-8-2-4-9(5-3-8)19-7-11(18)16-6-10(17)12(13,14)15/h2-5,10,17H,6-7H2,1H3,(H,16,18). The highest BCUT2D eigenvalue weighted by molar-refractivity contribution is 5.77. The molecule has 7 heteroatoms. The van der Waals surface area contributed by atoms with Crippen LogP contribution in [0.4, 0.5) is 13.2 Å². The molecule has 1 amide bonds. The Bertz CT molecular complexity index is 417. The van der Waals surface area contributed by atoms with Gasteiger partial charge in [0.25, 0.3) is 5.91 Å². The van der Waals surface area contributed by atoms with Gasteiger partial charge < -0.3 is 15.2 Å². The van der Waals surface area contributed by atoms with Gasteiger partial charge in [0.2, 0.25) is 0 Å². The summed E-state index contributed by atoms with van der Waals surface area (Å²) < 4.78 is 40.9. The van der Waals surface area contributed by atoms with Crippen molar-refractivity contribution in [1.29, 1.82) is 0 Å². The number of aliphatic hydroxyl groups is 1. The molecule has 0 saturated carbocycles. The van der Waals surface area contributed by atoms with Crippen LogP contribution in [0, 0.1) is 6.92 Å². The minimum atomic E-state index is -4.74. The molecule has 1 aromatic carbocycles. The zero-order valence-corrected chi connectivity index (χ0v) is 10.2. The number of aliphatic hydroxyl groups excluding tert-OH is 1. The van der Waals surface area contributed by atoms with Crippen LogP contribution in [0.1, 0.15) is 5.56 Å². The van der Waals surface area contributed by atoms with Gasteiger partial charge in [-0.15, -0.1) is 0 Å². The monoisotopic (exact) mass is 277 g/mol. The lowest BCUT2D eigenvalue weighted by Gasteiger charge is -2.15. The van der Waals surface area contributed by atoms with Gasteiger partial charge in [-0.2, -0.15) is 13.2 Å². The molecule has 4 nitrogen and oxygen atoms in total. The van der Waals surface area contributed by atoms with Crippen molar-refractivity contribution < 1.29 is 27.8 Å². The van der Waals surface area contributed by atoms with Crippen LogP contribution in [0.3, 0.4) is 0 Å². The van der Waals surface area contributed by atoms with E-state index >= 15 is 0 Å². The lowest BCUT2D eigenvalue weighted by atomic mass is 10.2. The van der Waals surface area contributed by atoms with Gasteiger partial charge in [0.05, 0.1) is 6.54 Å². The van der Waals surface area contributed by atoms with E-state index < -0.39 is 31.3 Å². The molecule has 0 spiro atoms. The molecule has 0 bridgehead atoms. The first-order valence-electron chi connectivity index (χ1n) is 5.50. The van der Waals surface area contributed by atoms with E-state index in [0.717, 1.165) is 5.56 Å². The maximum Gasteiger partial charge on any atom is 0.416 e. The topological polar surface area (TPSA) is 58.6 Å². The molecule has 19 heavy (non-hydrogen) atoms. The SMILES string of the molecule is Cc1ccc(OCC(=O)NCC(O)C(F)(F)F)cc1. The lowest BCUT2D eigenvalue weighted by Crippen LogP contribution is -2.42. The normalized spacial score (nSPS) is 12.9. The maximum absolute atomic E-state index is 12.0. The highest BCUT2D eigenvalue weighted by Gasteiger charge is 2.38. The third-order valence-electron chi connectivity index (χ3n) is 2.26. The first kappa shape index (κ1) is 15.3. The summed E-state index contributed by atoms with van der Waals surface area (Å²) in [4.78, 5) is 11.2. The molecule has 106 valence electrons. The van der Waals surface area contributed by atoms with Gasteiger partial charge in [-0.1, -0.05) is 17.7 Å². The molecule has 0 fully saturated rings. The molecule has 0 aliphatic carbocycles. The molecule has 2 N–H and O–H groups in total. The van der Waals surface area contributed by atoms with Crippen molar-refractivity contribution >= 4 is 5.91 Å². The third-order valence-corrected chi connectivity index (χ3v) is 2.26. The fraction of sp³-hybridized carbons (Fsp3) is 0.417. The van der Waals surface area contributed by atoms with Crippen LogP contribution in [-0.2, 0) is 4.79 Å². The van der Waals surface area contributed by atoms with E-state index in [0.29, 0.717) is 5.75 Å². The second-order valence-electron chi connectivity index (χ2n) is 3.96. The third kappa shape index (κ3) is 5.60. The minimum absolute atomic E-state index is 0.409. The molecule has 1 unspecified atom stereocenters. The highest BCUT2D eigenvalue weighted by Crippen LogP contribution is 2.19. The number of ether oxygens (including phenoxy) is 1. The van der Waals surface area contributed by atoms with Crippen LogP contribution >= 0.6 is 0 Å². The molecule has 0 aliphatic rings. The van der Waals surface area contributed by atoms with Gasteiger partial charge >= 0.3 is 6.18 Å². The summed E-state index contributed by atoms with van der Waals surface area (Å²) in [5.41, 5.74) is 1.02. The number of amides is 1. The van der Waals surface area contributed by atoms with E-state index in [9.17, 15) is 18.0 Å². The zero-order valence-electron chi connectivity index (χ0n) is 10.2. The zero-order chi connectivity index (χ0) is 14.5. The van der Waals surface area contributed by atoms with E-state index in [-0.39, 0.29) is 0 Å². The Labute approximate surface area is 108 Å². The summed E-state index contributed by atoms with van der Waals surface area (Å²) >= 11 is 0. The molecule has 1 rings (SSSR count). The van der Waals surface area contributed by atoms with E-state index in [1.807, 2.05) is 12.2 Å². The summed E-state index contributed by atoms with van der Waals surface area (Å²) in [6.45, 7) is 0.586. The predicted octanol–water partition coefficient (Wildman–Crippen LogP) is 1.41. The van der Waals surface area contributed by atoms with Crippen molar-refractivity contribution in [2.24, 2.45) is 0 Å². The smallest absolute Gasteiger partial charge is 0.416 e. The Balaban J connectivity index is 2.30. The second kappa shape index (κ2) is 6.42. The Morgan fingerprint density at radius 2 is 1.95 bits per heavy atom. The van der Waals surface area contributed by atoms with Crippen molar-refractivity contribution in [1.82, 2.24) is 5.32 Å². The van der Waals surface area contributed by atoms with Crippen molar-refractivity contribution in [3.63, 3.8) is 0 Å². The van der Waals surface area contributed by atoms with Gasteiger partial charge in [-0.3, -0.25) is 4.79 Å². The van der Waals surface area contributed by atoms with Crippen LogP contribution in [0.25, 0.3) is 0 Å². The van der Waals surface area contributed by atoms with Gasteiger partial charge in [-0.05, 0) is 19.1 Å². The van der Waals surface area contributed by atoms with Crippen molar-refractivity contribution in [2.75, 3.05) is 13.2 Å². The summed E-state index contributed by atoms with van der Waals surface area (Å²) in [6.07, 6.45) is -7.32. The first-order chi connectivity index (χ1) is 8.79. The van der Waals surface area contributed by atoms with Crippen LogP contribution in [-0.4, -0.2) is 36.4 Å². The van der Waals surface area contributed by atoms with E-state index in [1.54, 1.807) is 24.3 Å². The first-order valence-corrected chi connectivity index (χ1v) is 5.50. The Kier molecular flexibility index (Phi) is 5.17. The van der Waals surface area contributed by atoms with Crippen LogP contribution in [0.2, 0.25) is 0 Å². The number of halogens is 3. The van der Waals surface area contributed by atoms with Crippen LogP contribution < -0.4 is 10.1 Å². The number of carbonyl (C=O) groups is 1. The molecule has 0 aliphatic heterocycles. The van der Waals surface area contributed by atoms with Crippen LogP contribution in [0.5, 0.6) is 5.75 Å². The van der Waals surface area contributed by atoms with Gasteiger partial charge in [0, 0.05) is 0 Å². The Morgan fingerprint density at radius 1 is 1.37 bits per heavy atom. The number of aryl methyl sites for hydroxylation is 1. The Morgan fingerprint density at radius 3 is 2.47 bits per heavy atom. The number of hydrogen-bond acceptors (Lipinski definition) is 3. The van der Waals surface area contributed by atoms with Crippen molar-refractivity contribution in [3.05, 3.63) is 29.8 Å². The second-order valence-corrected chi connectivity index (χ2v) is 3.96. The number of benzene rings is 1. The number of alkyl halides is 3. The molecule has 0 saturated heterocycles. The lowest BCUT2D eigenvalue weighted by molar-refractivity contribution is -0.201. The minimum Gasteiger partial charge on any atom is -0.484 e. The molecule has 0 aromatic heterocycles. The molecular weight excluding hydrogens is 263 g/mol. The van der Waals surface area contributed by atoms with Gasteiger partial charge in [-0.25, -0.2) is 0 Å². The quantitative estimate of drug-likeness (QED) is 0.855. The average Bonchev–Trinajstić information content (AvgIpc) is 2.34. The maximum atomic E-state index is 12.0. The number of nitrogens with one attached hydrogen (secondary N) is 1. The fourth-order valence-electron chi connectivity index (χ4n) is 1.16.